The predicted octanol–water partition coefficient (Wildman–Crippen LogP) is 3.09. The van der Waals surface area contributed by atoms with Crippen LogP contribution in [0.2, 0.25) is 5.28 Å². The molecule has 0 bridgehead atoms. The van der Waals surface area contributed by atoms with Gasteiger partial charge in [-0.15, -0.1) is 0 Å². The van der Waals surface area contributed by atoms with Gasteiger partial charge in [0.1, 0.15) is 17.8 Å². The van der Waals surface area contributed by atoms with Crippen molar-refractivity contribution in [3.63, 3.8) is 0 Å². The van der Waals surface area contributed by atoms with Crippen molar-refractivity contribution in [1.29, 1.82) is 0 Å². The van der Waals surface area contributed by atoms with Gasteiger partial charge in [0.05, 0.1) is 11.9 Å². The number of nitrogens with zero attached hydrogens (tertiary/aromatic N) is 6. The normalized spacial score (nSPS) is 15.1. The van der Waals surface area contributed by atoms with Gasteiger partial charge in [0.15, 0.2) is 0 Å². The quantitative estimate of drug-likeness (QED) is 0.635. The van der Waals surface area contributed by atoms with Gasteiger partial charge < -0.3 is 14.5 Å². The molecule has 0 aromatic carbocycles. The Morgan fingerprint density at radius 3 is 2.31 bits per heavy atom. The molecule has 9 nitrogen and oxygen atoms in total. The molecule has 0 aliphatic carbocycles. The van der Waals surface area contributed by atoms with Gasteiger partial charge in [0, 0.05) is 37.9 Å². The van der Waals surface area contributed by atoms with Gasteiger partial charge in [-0.1, -0.05) is 0 Å². The minimum absolute atomic E-state index is 0.0537. The van der Waals surface area contributed by atoms with Crippen molar-refractivity contribution >= 4 is 23.6 Å². The van der Waals surface area contributed by atoms with Gasteiger partial charge >= 0.3 is 12.3 Å². The van der Waals surface area contributed by atoms with E-state index < -0.39 is 28.8 Å². The van der Waals surface area contributed by atoms with Crippen molar-refractivity contribution in [2.75, 3.05) is 26.2 Å². The number of amides is 2. The van der Waals surface area contributed by atoms with Gasteiger partial charge in [-0.25, -0.2) is 14.8 Å². The minimum Gasteiger partial charge on any atom is -0.444 e. The fourth-order valence-electron chi connectivity index (χ4n) is 3.00. The Balaban J connectivity index is 1.60. The Labute approximate surface area is 187 Å². The third kappa shape index (κ3) is 6.09. The summed E-state index contributed by atoms with van der Waals surface area (Å²) >= 11 is 5.62. The topological polar surface area (TPSA) is 93.5 Å². The van der Waals surface area contributed by atoms with Crippen molar-refractivity contribution in [2.45, 2.75) is 39.1 Å². The Bertz CT molecular complexity index is 997. The van der Waals surface area contributed by atoms with E-state index in [4.69, 9.17) is 16.3 Å². The number of halogens is 4. The van der Waals surface area contributed by atoms with Crippen LogP contribution in [0.3, 0.4) is 0 Å². The molecule has 3 rings (SSSR count). The van der Waals surface area contributed by atoms with Gasteiger partial charge in [0.25, 0.3) is 0 Å². The Morgan fingerprint density at radius 2 is 1.72 bits per heavy atom. The largest absolute Gasteiger partial charge is 0.444 e. The van der Waals surface area contributed by atoms with Crippen LogP contribution in [0.1, 0.15) is 26.5 Å². The lowest BCUT2D eigenvalue weighted by molar-refractivity contribution is -0.141. The lowest BCUT2D eigenvalue weighted by Crippen LogP contribution is -2.52. The highest BCUT2D eigenvalue weighted by Crippen LogP contribution is 2.31. The molecule has 2 amide bonds. The molecule has 1 saturated heterocycles. The van der Waals surface area contributed by atoms with Crippen LogP contribution >= 0.6 is 11.6 Å². The highest BCUT2D eigenvalue weighted by atomic mass is 35.5. The number of hydrogen-bond acceptors (Lipinski definition) is 6. The molecule has 0 atom stereocenters. The number of hydrogen-bond donors (Lipinski definition) is 0. The molecule has 32 heavy (non-hydrogen) atoms. The van der Waals surface area contributed by atoms with Crippen LogP contribution in [0.5, 0.6) is 0 Å². The van der Waals surface area contributed by atoms with Crippen molar-refractivity contribution < 1.29 is 27.5 Å². The first-order chi connectivity index (χ1) is 14.8. The summed E-state index contributed by atoms with van der Waals surface area (Å²) in [6.07, 6.45) is -2.39. The highest BCUT2D eigenvalue weighted by molar-refractivity contribution is 6.28. The molecule has 0 N–H and O–H groups in total. The summed E-state index contributed by atoms with van der Waals surface area (Å²) in [5, 5.41) is 3.49. The van der Waals surface area contributed by atoms with Crippen LogP contribution < -0.4 is 0 Å². The van der Waals surface area contributed by atoms with Gasteiger partial charge in [-0.2, -0.15) is 18.3 Å². The van der Waals surface area contributed by atoms with E-state index in [1.54, 1.807) is 25.7 Å². The van der Waals surface area contributed by atoms with Crippen LogP contribution in [0.4, 0.5) is 18.0 Å². The fourth-order valence-corrected chi connectivity index (χ4v) is 3.18. The summed E-state index contributed by atoms with van der Waals surface area (Å²) in [4.78, 5) is 34.8. The summed E-state index contributed by atoms with van der Waals surface area (Å²) in [7, 11) is 0. The summed E-state index contributed by atoms with van der Waals surface area (Å²) in [6, 6.07) is 0.769. The summed E-state index contributed by atoms with van der Waals surface area (Å²) in [5.41, 5.74) is -1.56. The molecule has 1 aliphatic heterocycles. The van der Waals surface area contributed by atoms with Gasteiger partial charge in [-0.05, 0) is 38.4 Å². The van der Waals surface area contributed by atoms with E-state index >= 15 is 0 Å². The number of carbonyl (C=O) groups is 2. The van der Waals surface area contributed by atoms with Crippen LogP contribution in [-0.2, 0) is 22.3 Å². The molecule has 1 aliphatic rings. The maximum Gasteiger partial charge on any atom is 0.433 e. The molecule has 2 aromatic heterocycles. The molecule has 3 heterocycles. The van der Waals surface area contributed by atoms with E-state index in [1.165, 1.54) is 22.0 Å². The molecular weight excluding hydrogens is 453 g/mol. The number of aromatic nitrogens is 4. The van der Waals surface area contributed by atoms with E-state index in [2.05, 4.69) is 15.1 Å². The number of carbonyl (C=O) groups excluding carboxylic acids is 2. The van der Waals surface area contributed by atoms with E-state index in [1.807, 2.05) is 0 Å². The number of piperazine rings is 1. The third-order valence-corrected chi connectivity index (χ3v) is 4.67. The van der Waals surface area contributed by atoms with Crippen LogP contribution in [-0.4, -0.2) is 73.3 Å². The number of ether oxygens (including phenoxy) is 1. The monoisotopic (exact) mass is 474 g/mol. The van der Waals surface area contributed by atoms with Gasteiger partial charge in [-0.3, -0.25) is 9.48 Å². The fraction of sp³-hybridized carbons (Fsp3) is 0.526. The minimum atomic E-state index is -4.67. The first kappa shape index (κ1) is 23.8. The molecule has 0 radical (unpaired) electrons. The lowest BCUT2D eigenvalue weighted by Gasteiger charge is -2.35. The zero-order valence-electron chi connectivity index (χ0n) is 17.7. The van der Waals surface area contributed by atoms with Crippen molar-refractivity contribution in [3.05, 3.63) is 29.4 Å². The zero-order valence-corrected chi connectivity index (χ0v) is 18.4. The average Bonchev–Trinajstić information content (AvgIpc) is 3.14. The number of alkyl halides is 3. The summed E-state index contributed by atoms with van der Waals surface area (Å²) in [5.74, 6) is -0.236. The van der Waals surface area contributed by atoms with Crippen molar-refractivity contribution in [3.8, 4) is 11.3 Å². The summed E-state index contributed by atoms with van der Waals surface area (Å²) in [6.45, 7) is 6.57. The number of rotatable bonds is 3. The predicted molar refractivity (Wildman–Crippen MR) is 108 cm³/mol. The molecule has 2 aromatic rings. The molecule has 13 heteroatoms. The maximum atomic E-state index is 13.0. The molecular formula is C19H22ClF3N6O3. The van der Waals surface area contributed by atoms with E-state index in [-0.39, 0.29) is 23.7 Å². The first-order valence-electron chi connectivity index (χ1n) is 9.72. The van der Waals surface area contributed by atoms with E-state index in [9.17, 15) is 22.8 Å². The van der Waals surface area contributed by atoms with E-state index in [0.717, 1.165) is 6.07 Å². The first-order valence-corrected chi connectivity index (χ1v) is 10.1. The van der Waals surface area contributed by atoms with Gasteiger partial charge in [0.2, 0.25) is 11.2 Å². The van der Waals surface area contributed by atoms with Crippen LogP contribution in [0.15, 0.2) is 18.5 Å². The molecule has 0 saturated carbocycles. The molecule has 174 valence electrons. The van der Waals surface area contributed by atoms with E-state index in [0.29, 0.717) is 26.2 Å². The Hall–Kier alpha value is -2.89. The maximum absolute atomic E-state index is 13.0. The second kappa shape index (κ2) is 8.93. The second-order valence-corrected chi connectivity index (χ2v) is 8.52. The summed E-state index contributed by atoms with van der Waals surface area (Å²) < 4.78 is 45.5. The Morgan fingerprint density at radius 1 is 1.09 bits per heavy atom. The second-order valence-electron chi connectivity index (χ2n) is 8.18. The molecule has 1 fully saturated rings. The van der Waals surface area contributed by atoms with Crippen LogP contribution in [0, 0.1) is 0 Å². The molecule has 0 spiro atoms. The zero-order chi connectivity index (χ0) is 23.7. The standard InChI is InChI=1S/C19H22ClF3N6O3/c1-18(2,3)32-17(31)28-6-4-27(5-7-28)15(30)11-29-10-12(9-24-29)13-8-14(19(21,22)23)26-16(20)25-13/h8-10H,4-7,11H2,1-3H3. The van der Waals surface area contributed by atoms with Crippen LogP contribution in [0.25, 0.3) is 11.3 Å². The van der Waals surface area contributed by atoms with Crippen molar-refractivity contribution in [2.24, 2.45) is 0 Å². The SMILES string of the molecule is CC(C)(C)OC(=O)N1CCN(C(=O)Cn2cc(-c3cc(C(F)(F)F)nc(Cl)n3)cn2)CC1. The smallest absolute Gasteiger partial charge is 0.433 e. The molecule has 0 unspecified atom stereocenters. The third-order valence-electron chi connectivity index (χ3n) is 4.50. The lowest BCUT2D eigenvalue weighted by atomic mass is 10.2. The Kier molecular flexibility index (Phi) is 6.63. The highest BCUT2D eigenvalue weighted by Gasteiger charge is 2.34. The van der Waals surface area contributed by atoms with Crippen molar-refractivity contribution in [1.82, 2.24) is 29.5 Å². The average molecular weight is 475 g/mol.